The highest BCUT2D eigenvalue weighted by Gasteiger charge is 2.26. The number of carbonyl (C=O) groups is 2. The van der Waals surface area contributed by atoms with Crippen LogP contribution in [0.3, 0.4) is 0 Å². The van der Waals surface area contributed by atoms with Crippen LogP contribution >= 0.6 is 0 Å². The van der Waals surface area contributed by atoms with Crippen LogP contribution in [0.2, 0.25) is 0 Å². The molecule has 1 rings (SSSR count). The van der Waals surface area contributed by atoms with Crippen molar-refractivity contribution in [2.75, 3.05) is 6.61 Å². The third-order valence-electron chi connectivity index (χ3n) is 2.70. The van der Waals surface area contributed by atoms with Crippen LogP contribution in [-0.2, 0) is 20.9 Å². The van der Waals surface area contributed by atoms with Crippen molar-refractivity contribution in [2.24, 2.45) is 5.92 Å². The first kappa shape index (κ1) is 16.6. The molecule has 21 heavy (non-hydrogen) atoms. The summed E-state index contributed by atoms with van der Waals surface area (Å²) in [4.78, 5) is 23.5. The molecule has 0 saturated heterocycles. The normalized spacial score (nSPS) is 11.3. The fourth-order valence-corrected chi connectivity index (χ4v) is 1.59. The maximum atomic E-state index is 11.8. The van der Waals surface area contributed by atoms with E-state index in [1.807, 2.05) is 30.3 Å². The van der Waals surface area contributed by atoms with Gasteiger partial charge >= 0.3 is 12.1 Å². The number of alkyl carbamates (subject to hydrolysis) is 1. The lowest BCUT2D eigenvalue weighted by atomic mass is 10.1. The minimum absolute atomic E-state index is 0.122. The zero-order valence-electron chi connectivity index (χ0n) is 12.2. The van der Waals surface area contributed by atoms with E-state index in [2.05, 4.69) is 11.2 Å². The molecule has 0 fully saturated rings. The standard InChI is InChI=1S/C16H19NO4/c1-4-10-20-15(18)14(12(2)3)17-16(19)21-11-13-8-6-5-7-9-13/h1,5-9,12,14H,10-11H2,2-3H3,(H,17,19)/t14-/m0/s1. The summed E-state index contributed by atoms with van der Waals surface area (Å²) in [5.74, 6) is 1.50. The van der Waals surface area contributed by atoms with Gasteiger partial charge in [-0.1, -0.05) is 50.1 Å². The van der Waals surface area contributed by atoms with Gasteiger partial charge in [0.1, 0.15) is 12.6 Å². The van der Waals surface area contributed by atoms with E-state index in [4.69, 9.17) is 15.9 Å². The predicted molar refractivity (Wildman–Crippen MR) is 78.2 cm³/mol. The molecule has 0 aromatic heterocycles. The van der Waals surface area contributed by atoms with Crippen LogP contribution in [0.4, 0.5) is 4.79 Å². The fraction of sp³-hybridized carbons (Fsp3) is 0.375. The zero-order valence-corrected chi connectivity index (χ0v) is 12.2. The van der Waals surface area contributed by atoms with Gasteiger partial charge in [0.15, 0.2) is 6.61 Å². The predicted octanol–water partition coefficient (Wildman–Crippen LogP) is 2.11. The molecule has 0 spiro atoms. The van der Waals surface area contributed by atoms with E-state index in [0.29, 0.717) is 0 Å². The van der Waals surface area contributed by atoms with Crippen LogP contribution in [0.1, 0.15) is 19.4 Å². The van der Waals surface area contributed by atoms with E-state index >= 15 is 0 Å². The summed E-state index contributed by atoms with van der Waals surface area (Å²) >= 11 is 0. The molecule has 0 aliphatic rings. The molecule has 112 valence electrons. The summed E-state index contributed by atoms with van der Waals surface area (Å²) in [6, 6.07) is 8.47. The van der Waals surface area contributed by atoms with E-state index in [0.717, 1.165) is 5.56 Å². The molecule has 1 amide bonds. The lowest BCUT2D eigenvalue weighted by Crippen LogP contribution is -2.45. The van der Waals surface area contributed by atoms with Crippen LogP contribution in [-0.4, -0.2) is 24.7 Å². The largest absolute Gasteiger partial charge is 0.451 e. The Morgan fingerprint density at radius 1 is 1.24 bits per heavy atom. The number of esters is 1. The van der Waals surface area contributed by atoms with E-state index in [9.17, 15) is 9.59 Å². The highest BCUT2D eigenvalue weighted by atomic mass is 16.6. The van der Waals surface area contributed by atoms with Crippen molar-refractivity contribution in [3.8, 4) is 12.3 Å². The number of hydrogen-bond acceptors (Lipinski definition) is 4. The molecule has 5 nitrogen and oxygen atoms in total. The van der Waals surface area contributed by atoms with Crippen molar-refractivity contribution in [3.63, 3.8) is 0 Å². The van der Waals surface area contributed by atoms with Crippen LogP contribution in [0.25, 0.3) is 0 Å². The van der Waals surface area contributed by atoms with Gasteiger partial charge in [0.05, 0.1) is 0 Å². The zero-order chi connectivity index (χ0) is 15.7. The van der Waals surface area contributed by atoms with Crippen molar-refractivity contribution in [2.45, 2.75) is 26.5 Å². The van der Waals surface area contributed by atoms with Gasteiger partial charge in [-0.3, -0.25) is 0 Å². The number of carbonyl (C=O) groups excluding carboxylic acids is 2. The molecular weight excluding hydrogens is 270 g/mol. The number of hydrogen-bond donors (Lipinski definition) is 1. The van der Waals surface area contributed by atoms with Gasteiger partial charge in [0.25, 0.3) is 0 Å². The van der Waals surface area contributed by atoms with Crippen molar-refractivity contribution in [1.82, 2.24) is 5.32 Å². The van der Waals surface area contributed by atoms with Gasteiger partial charge in [-0.15, -0.1) is 6.42 Å². The molecule has 0 bridgehead atoms. The van der Waals surface area contributed by atoms with E-state index in [1.54, 1.807) is 13.8 Å². The summed E-state index contributed by atoms with van der Waals surface area (Å²) in [5.41, 5.74) is 0.864. The maximum Gasteiger partial charge on any atom is 0.408 e. The first-order chi connectivity index (χ1) is 10.0. The van der Waals surface area contributed by atoms with Gasteiger partial charge < -0.3 is 14.8 Å². The summed E-state index contributed by atoms with van der Waals surface area (Å²) in [5, 5.41) is 2.49. The third kappa shape index (κ3) is 6.00. The van der Waals surface area contributed by atoms with Crippen LogP contribution in [0.15, 0.2) is 30.3 Å². The Labute approximate surface area is 124 Å². The second-order valence-corrected chi connectivity index (χ2v) is 4.74. The summed E-state index contributed by atoms with van der Waals surface area (Å²) < 4.78 is 9.90. The lowest BCUT2D eigenvalue weighted by Gasteiger charge is -2.20. The Morgan fingerprint density at radius 3 is 2.48 bits per heavy atom. The van der Waals surface area contributed by atoms with Crippen LogP contribution < -0.4 is 5.32 Å². The fourth-order valence-electron chi connectivity index (χ4n) is 1.59. The molecule has 0 saturated carbocycles. The molecule has 1 atom stereocenters. The smallest absolute Gasteiger partial charge is 0.408 e. The van der Waals surface area contributed by atoms with Crippen LogP contribution in [0.5, 0.6) is 0 Å². The first-order valence-electron chi connectivity index (χ1n) is 6.62. The Morgan fingerprint density at radius 2 is 1.90 bits per heavy atom. The Bertz CT molecular complexity index is 505. The Hall–Kier alpha value is -2.48. The molecule has 1 N–H and O–H groups in total. The number of terminal acetylenes is 1. The van der Waals surface area contributed by atoms with Crippen LogP contribution in [0, 0.1) is 18.3 Å². The van der Waals surface area contributed by atoms with Gasteiger partial charge in [-0.05, 0) is 11.5 Å². The second kappa shape index (κ2) is 8.64. The highest BCUT2D eigenvalue weighted by Crippen LogP contribution is 2.06. The van der Waals surface area contributed by atoms with Crippen molar-refractivity contribution < 1.29 is 19.1 Å². The molecular formula is C16H19NO4. The molecule has 5 heteroatoms. The number of ether oxygens (including phenoxy) is 2. The third-order valence-corrected chi connectivity index (χ3v) is 2.70. The Kier molecular flexibility index (Phi) is 6.82. The highest BCUT2D eigenvalue weighted by molar-refractivity contribution is 5.81. The molecule has 0 unspecified atom stereocenters. The van der Waals surface area contributed by atoms with Gasteiger partial charge in [-0.2, -0.15) is 0 Å². The van der Waals surface area contributed by atoms with Crippen molar-refractivity contribution in [1.29, 1.82) is 0 Å². The average Bonchev–Trinajstić information content (AvgIpc) is 2.49. The monoisotopic (exact) mass is 289 g/mol. The number of nitrogens with one attached hydrogen (secondary N) is 1. The van der Waals surface area contributed by atoms with Crippen molar-refractivity contribution >= 4 is 12.1 Å². The second-order valence-electron chi connectivity index (χ2n) is 4.74. The summed E-state index contributed by atoms with van der Waals surface area (Å²) in [7, 11) is 0. The van der Waals surface area contributed by atoms with E-state index in [-0.39, 0.29) is 19.1 Å². The minimum atomic E-state index is -0.790. The van der Waals surface area contributed by atoms with Gasteiger partial charge in [-0.25, -0.2) is 9.59 Å². The number of rotatable bonds is 6. The molecule has 0 aliphatic carbocycles. The van der Waals surface area contributed by atoms with E-state index in [1.165, 1.54) is 0 Å². The minimum Gasteiger partial charge on any atom is -0.451 e. The SMILES string of the molecule is C#CCOC(=O)[C@@H](NC(=O)OCc1ccccc1)C(C)C. The quantitative estimate of drug-likeness (QED) is 0.643. The lowest BCUT2D eigenvalue weighted by molar-refractivity contribution is -0.145. The van der Waals surface area contributed by atoms with Crippen molar-refractivity contribution in [3.05, 3.63) is 35.9 Å². The van der Waals surface area contributed by atoms with Gasteiger partial charge in [0.2, 0.25) is 0 Å². The maximum absolute atomic E-state index is 11.8. The Balaban J connectivity index is 2.49. The van der Waals surface area contributed by atoms with Gasteiger partial charge in [0, 0.05) is 0 Å². The number of amides is 1. The molecule has 1 aromatic rings. The molecule has 1 aromatic carbocycles. The molecule has 0 radical (unpaired) electrons. The van der Waals surface area contributed by atoms with E-state index < -0.39 is 18.1 Å². The molecule has 0 aliphatic heterocycles. The average molecular weight is 289 g/mol. The summed E-state index contributed by atoms with van der Waals surface area (Å²) in [6.45, 7) is 3.60. The first-order valence-corrected chi connectivity index (χ1v) is 6.62. The molecule has 0 heterocycles. The number of benzene rings is 1. The topological polar surface area (TPSA) is 64.6 Å². The summed E-state index contributed by atoms with van der Waals surface area (Å²) in [6.07, 6.45) is 4.36.